The number of hydrogen-bond acceptors (Lipinski definition) is 4. The second-order valence-electron chi connectivity index (χ2n) is 6.57. The van der Waals surface area contributed by atoms with E-state index in [1.807, 2.05) is 13.8 Å². The van der Waals surface area contributed by atoms with Gasteiger partial charge in [0.1, 0.15) is 5.75 Å². The Kier molecular flexibility index (Phi) is 5.46. The minimum atomic E-state index is -0.440. The Morgan fingerprint density at radius 2 is 1.93 bits per heavy atom. The standard InChI is InChI=1S/C20H20ClN3O3/c1-12(2)11-24-20(26)15-7-5-4-6-14(15)18(23-24)19(25)22-16-10-13(21)8-9-17(16)27-3/h4-10,12H,11H2,1-3H3,(H,22,25). The Bertz CT molecular complexity index is 1060. The van der Waals surface area contributed by atoms with Crippen molar-refractivity contribution in [3.8, 4) is 5.75 Å². The second-order valence-corrected chi connectivity index (χ2v) is 7.01. The molecule has 0 aliphatic heterocycles. The van der Waals surface area contributed by atoms with Crippen LogP contribution in [0.15, 0.2) is 47.3 Å². The summed E-state index contributed by atoms with van der Waals surface area (Å²) in [6.07, 6.45) is 0. The average molecular weight is 386 g/mol. The highest BCUT2D eigenvalue weighted by Gasteiger charge is 2.18. The number of carbonyl (C=O) groups is 1. The maximum atomic E-state index is 13.0. The van der Waals surface area contributed by atoms with E-state index in [9.17, 15) is 9.59 Å². The van der Waals surface area contributed by atoms with Crippen LogP contribution in [0.25, 0.3) is 10.8 Å². The lowest BCUT2D eigenvalue weighted by molar-refractivity contribution is 0.102. The van der Waals surface area contributed by atoms with E-state index >= 15 is 0 Å². The van der Waals surface area contributed by atoms with Crippen LogP contribution in [0.5, 0.6) is 5.75 Å². The van der Waals surface area contributed by atoms with Crippen molar-refractivity contribution in [3.05, 3.63) is 63.5 Å². The Balaban J connectivity index is 2.10. The molecule has 0 spiro atoms. The van der Waals surface area contributed by atoms with Gasteiger partial charge in [0, 0.05) is 17.0 Å². The van der Waals surface area contributed by atoms with Crippen LogP contribution in [0.3, 0.4) is 0 Å². The average Bonchev–Trinajstić information content (AvgIpc) is 2.64. The normalized spacial score (nSPS) is 11.0. The van der Waals surface area contributed by atoms with Crippen molar-refractivity contribution in [3.63, 3.8) is 0 Å². The third-order valence-corrected chi connectivity index (χ3v) is 4.27. The maximum Gasteiger partial charge on any atom is 0.276 e. The van der Waals surface area contributed by atoms with Gasteiger partial charge in [-0.25, -0.2) is 4.68 Å². The monoisotopic (exact) mass is 385 g/mol. The van der Waals surface area contributed by atoms with Crippen LogP contribution in [0.2, 0.25) is 5.02 Å². The first kappa shape index (κ1) is 18.9. The van der Waals surface area contributed by atoms with Crippen LogP contribution in [-0.2, 0) is 6.54 Å². The summed E-state index contributed by atoms with van der Waals surface area (Å²) in [5.74, 6) is 0.247. The summed E-state index contributed by atoms with van der Waals surface area (Å²) in [5, 5.41) is 8.54. The van der Waals surface area contributed by atoms with E-state index in [4.69, 9.17) is 16.3 Å². The fraction of sp³-hybridized carbons (Fsp3) is 0.250. The fourth-order valence-corrected chi connectivity index (χ4v) is 3.00. The van der Waals surface area contributed by atoms with Crippen molar-refractivity contribution in [1.29, 1.82) is 0 Å². The molecule has 0 saturated heterocycles. The zero-order chi connectivity index (χ0) is 19.6. The molecular formula is C20H20ClN3O3. The maximum absolute atomic E-state index is 13.0. The van der Waals surface area contributed by atoms with Crippen LogP contribution >= 0.6 is 11.6 Å². The topological polar surface area (TPSA) is 73.2 Å². The van der Waals surface area contributed by atoms with Crippen LogP contribution in [0, 0.1) is 5.92 Å². The predicted molar refractivity (Wildman–Crippen MR) is 107 cm³/mol. The molecule has 0 radical (unpaired) electrons. The summed E-state index contributed by atoms with van der Waals surface area (Å²) in [7, 11) is 1.51. The number of aromatic nitrogens is 2. The number of nitrogens with zero attached hydrogens (tertiary/aromatic N) is 2. The molecule has 0 atom stereocenters. The molecule has 3 aromatic rings. The number of ether oxygens (including phenoxy) is 1. The van der Waals surface area contributed by atoms with Crippen LogP contribution in [0.4, 0.5) is 5.69 Å². The van der Waals surface area contributed by atoms with Gasteiger partial charge in [0.2, 0.25) is 0 Å². The summed E-state index contributed by atoms with van der Waals surface area (Å²) < 4.78 is 6.62. The summed E-state index contributed by atoms with van der Waals surface area (Å²) >= 11 is 6.03. The van der Waals surface area contributed by atoms with Gasteiger partial charge in [0.05, 0.1) is 18.2 Å². The molecule has 1 N–H and O–H groups in total. The number of amides is 1. The third-order valence-electron chi connectivity index (χ3n) is 4.03. The van der Waals surface area contributed by atoms with Gasteiger partial charge in [-0.05, 0) is 30.2 Å². The Labute approximate surface area is 161 Å². The van der Waals surface area contributed by atoms with Crippen molar-refractivity contribution >= 4 is 34.0 Å². The zero-order valence-electron chi connectivity index (χ0n) is 15.3. The van der Waals surface area contributed by atoms with Crippen LogP contribution in [0.1, 0.15) is 24.3 Å². The Morgan fingerprint density at radius 3 is 2.59 bits per heavy atom. The van der Waals surface area contributed by atoms with Gasteiger partial charge in [-0.15, -0.1) is 0 Å². The van der Waals surface area contributed by atoms with E-state index in [1.54, 1.807) is 42.5 Å². The van der Waals surface area contributed by atoms with Gasteiger partial charge in [-0.1, -0.05) is 43.6 Å². The molecule has 7 heteroatoms. The highest BCUT2D eigenvalue weighted by molar-refractivity contribution is 6.31. The molecule has 1 amide bonds. The number of halogens is 1. The highest BCUT2D eigenvalue weighted by atomic mass is 35.5. The van der Waals surface area contributed by atoms with Gasteiger partial charge in [0.25, 0.3) is 11.5 Å². The number of nitrogens with one attached hydrogen (secondary N) is 1. The number of fused-ring (bicyclic) bond motifs is 1. The molecule has 27 heavy (non-hydrogen) atoms. The molecule has 0 bridgehead atoms. The van der Waals surface area contributed by atoms with Crippen LogP contribution < -0.4 is 15.6 Å². The minimum absolute atomic E-state index is 0.174. The molecule has 6 nitrogen and oxygen atoms in total. The lowest BCUT2D eigenvalue weighted by atomic mass is 10.1. The number of anilines is 1. The Hall–Kier alpha value is -2.86. The number of benzene rings is 2. The highest BCUT2D eigenvalue weighted by Crippen LogP contribution is 2.28. The van der Waals surface area contributed by atoms with Gasteiger partial charge >= 0.3 is 0 Å². The van der Waals surface area contributed by atoms with Crippen molar-refractivity contribution in [2.24, 2.45) is 5.92 Å². The predicted octanol–water partition coefficient (Wildman–Crippen LogP) is 3.97. The fourth-order valence-electron chi connectivity index (χ4n) is 2.83. The molecule has 140 valence electrons. The molecule has 0 aliphatic carbocycles. The van der Waals surface area contributed by atoms with E-state index < -0.39 is 5.91 Å². The summed E-state index contributed by atoms with van der Waals surface area (Å²) in [5.41, 5.74) is 0.395. The lowest BCUT2D eigenvalue weighted by Crippen LogP contribution is -2.29. The number of hydrogen-bond donors (Lipinski definition) is 1. The number of rotatable bonds is 5. The minimum Gasteiger partial charge on any atom is -0.495 e. The van der Waals surface area contributed by atoms with E-state index in [0.29, 0.717) is 33.8 Å². The van der Waals surface area contributed by atoms with Gasteiger partial charge in [-0.2, -0.15) is 5.10 Å². The van der Waals surface area contributed by atoms with E-state index in [0.717, 1.165) is 0 Å². The van der Waals surface area contributed by atoms with E-state index in [1.165, 1.54) is 11.8 Å². The van der Waals surface area contributed by atoms with Crippen LogP contribution in [-0.4, -0.2) is 22.8 Å². The van der Waals surface area contributed by atoms with E-state index in [-0.39, 0.29) is 17.2 Å². The molecule has 0 unspecified atom stereocenters. The molecule has 3 rings (SSSR count). The van der Waals surface area contributed by atoms with Crippen molar-refractivity contribution in [2.45, 2.75) is 20.4 Å². The van der Waals surface area contributed by atoms with Crippen molar-refractivity contribution < 1.29 is 9.53 Å². The first-order valence-electron chi connectivity index (χ1n) is 8.55. The second kappa shape index (κ2) is 7.80. The third kappa shape index (κ3) is 3.95. The largest absolute Gasteiger partial charge is 0.495 e. The smallest absolute Gasteiger partial charge is 0.276 e. The zero-order valence-corrected chi connectivity index (χ0v) is 16.1. The molecule has 2 aromatic carbocycles. The van der Waals surface area contributed by atoms with Gasteiger partial charge in [-0.3, -0.25) is 9.59 Å². The quantitative estimate of drug-likeness (QED) is 0.721. The van der Waals surface area contributed by atoms with Crippen molar-refractivity contribution in [2.75, 3.05) is 12.4 Å². The summed E-state index contributed by atoms with van der Waals surface area (Å²) in [6.45, 7) is 4.39. The molecular weight excluding hydrogens is 366 g/mol. The van der Waals surface area contributed by atoms with E-state index in [2.05, 4.69) is 10.4 Å². The number of carbonyl (C=O) groups excluding carboxylic acids is 1. The van der Waals surface area contributed by atoms with Gasteiger partial charge in [0.15, 0.2) is 5.69 Å². The van der Waals surface area contributed by atoms with Gasteiger partial charge < -0.3 is 10.1 Å². The number of methoxy groups -OCH3 is 1. The Morgan fingerprint density at radius 1 is 1.22 bits per heavy atom. The molecule has 1 heterocycles. The molecule has 0 aliphatic rings. The lowest BCUT2D eigenvalue weighted by Gasteiger charge is -2.14. The summed E-state index contributed by atoms with van der Waals surface area (Å²) in [6, 6.07) is 11.9. The molecule has 1 aromatic heterocycles. The molecule has 0 fully saturated rings. The first-order valence-corrected chi connectivity index (χ1v) is 8.93. The van der Waals surface area contributed by atoms with Crippen molar-refractivity contribution in [1.82, 2.24) is 9.78 Å². The molecule has 0 saturated carbocycles. The SMILES string of the molecule is COc1ccc(Cl)cc1NC(=O)c1nn(CC(C)C)c(=O)c2ccccc12. The summed E-state index contributed by atoms with van der Waals surface area (Å²) in [4.78, 5) is 25.6. The first-order chi connectivity index (χ1) is 12.9.